The molecule has 0 bridgehead atoms. The lowest BCUT2D eigenvalue weighted by Crippen LogP contribution is -2.49. The van der Waals surface area contributed by atoms with Gasteiger partial charge in [0.05, 0.1) is 23.9 Å². The summed E-state index contributed by atoms with van der Waals surface area (Å²) >= 11 is 1.51. The summed E-state index contributed by atoms with van der Waals surface area (Å²) in [6.45, 7) is 0.193. The number of piperidine rings is 1. The van der Waals surface area contributed by atoms with Crippen LogP contribution >= 0.6 is 11.8 Å². The number of anilines is 1. The zero-order chi connectivity index (χ0) is 24.6. The van der Waals surface area contributed by atoms with Crippen molar-refractivity contribution in [2.75, 3.05) is 24.8 Å². The molecule has 2 saturated heterocycles. The van der Waals surface area contributed by atoms with E-state index in [0.29, 0.717) is 17.7 Å². The van der Waals surface area contributed by atoms with Gasteiger partial charge in [0.15, 0.2) is 0 Å². The number of alkyl halides is 3. The second kappa shape index (κ2) is 9.21. The summed E-state index contributed by atoms with van der Waals surface area (Å²) < 4.78 is 44.6. The van der Waals surface area contributed by atoms with Crippen molar-refractivity contribution >= 4 is 35.3 Å². The maximum Gasteiger partial charge on any atom is 0.416 e. The summed E-state index contributed by atoms with van der Waals surface area (Å²) in [6.07, 6.45) is -2.12. The first-order valence-electron chi connectivity index (χ1n) is 10.5. The molecule has 11 heteroatoms. The number of nitrogens with zero attached hydrogens (tertiary/aromatic N) is 2. The van der Waals surface area contributed by atoms with Crippen molar-refractivity contribution in [3.63, 3.8) is 0 Å². The molecule has 0 aliphatic carbocycles. The van der Waals surface area contributed by atoms with Crippen LogP contribution in [-0.4, -0.2) is 54.7 Å². The predicted molar refractivity (Wildman–Crippen MR) is 120 cm³/mol. The number of halogens is 3. The Hall–Kier alpha value is -3.21. The van der Waals surface area contributed by atoms with Crippen LogP contribution in [0, 0.1) is 0 Å². The van der Waals surface area contributed by atoms with E-state index < -0.39 is 35.8 Å². The molecule has 4 amide bonds. The highest BCUT2D eigenvalue weighted by molar-refractivity contribution is 7.98. The molecule has 2 aliphatic rings. The first kappa shape index (κ1) is 23.9. The number of imide groups is 1. The topological polar surface area (TPSA) is 79.0 Å². The lowest BCUT2D eigenvalue weighted by atomic mass is 9.97. The van der Waals surface area contributed by atoms with Gasteiger partial charge in [-0.15, -0.1) is 11.8 Å². The Morgan fingerprint density at radius 1 is 1.18 bits per heavy atom. The molecular formula is C23H22F3N3O4S. The van der Waals surface area contributed by atoms with Crippen molar-refractivity contribution in [3.8, 4) is 5.75 Å². The fraction of sp³-hybridized carbons (Fsp3) is 0.348. The molecular weight excluding hydrogens is 471 g/mol. The van der Waals surface area contributed by atoms with Crippen molar-refractivity contribution in [2.45, 2.75) is 36.0 Å². The summed E-state index contributed by atoms with van der Waals surface area (Å²) in [5.41, 5.74) is -0.720. The highest BCUT2D eigenvalue weighted by atomic mass is 32.2. The second-order valence-electron chi connectivity index (χ2n) is 7.97. The Bertz CT molecular complexity index is 1140. The zero-order valence-corrected chi connectivity index (χ0v) is 19.2. The molecule has 180 valence electrons. The average molecular weight is 494 g/mol. The van der Waals surface area contributed by atoms with Crippen LogP contribution in [0.1, 0.15) is 28.8 Å². The molecule has 0 spiro atoms. The molecule has 2 aromatic rings. The first-order chi connectivity index (χ1) is 16.1. The molecule has 0 saturated carbocycles. The van der Waals surface area contributed by atoms with E-state index in [1.54, 1.807) is 18.2 Å². The third-order valence-electron chi connectivity index (χ3n) is 5.97. The Morgan fingerprint density at radius 2 is 1.94 bits per heavy atom. The third-order valence-corrected chi connectivity index (χ3v) is 6.69. The minimum atomic E-state index is -4.60. The SMILES string of the molecule is COc1cc(SC)ccc1C(=O)N[C@@H]1CCN2C(=O)N(c3cccc(C(F)(F)F)c3)C(=O)[C@@H]2C1. The van der Waals surface area contributed by atoms with E-state index in [1.807, 2.05) is 6.26 Å². The summed E-state index contributed by atoms with van der Waals surface area (Å²) in [6, 6.07) is 7.44. The van der Waals surface area contributed by atoms with Gasteiger partial charge >= 0.3 is 12.2 Å². The maximum atomic E-state index is 13.1. The van der Waals surface area contributed by atoms with Gasteiger partial charge in [0.25, 0.3) is 11.8 Å². The van der Waals surface area contributed by atoms with Gasteiger partial charge in [-0.1, -0.05) is 6.07 Å². The molecule has 0 radical (unpaired) electrons. The number of nitrogens with one attached hydrogen (secondary N) is 1. The van der Waals surface area contributed by atoms with E-state index in [2.05, 4.69) is 5.32 Å². The van der Waals surface area contributed by atoms with Gasteiger partial charge in [0.1, 0.15) is 11.8 Å². The fourth-order valence-corrected chi connectivity index (χ4v) is 4.67. The van der Waals surface area contributed by atoms with Crippen LogP contribution in [0.25, 0.3) is 0 Å². The lowest BCUT2D eigenvalue weighted by molar-refractivity contribution is -0.137. The molecule has 0 aromatic heterocycles. The average Bonchev–Trinajstić information content (AvgIpc) is 3.07. The van der Waals surface area contributed by atoms with Gasteiger partial charge in [0, 0.05) is 17.5 Å². The quantitative estimate of drug-likeness (QED) is 0.500. The number of carbonyl (C=O) groups excluding carboxylic acids is 3. The highest BCUT2D eigenvalue weighted by Crippen LogP contribution is 2.35. The smallest absolute Gasteiger partial charge is 0.416 e. The summed E-state index contributed by atoms with van der Waals surface area (Å²) in [7, 11) is 1.47. The predicted octanol–water partition coefficient (Wildman–Crippen LogP) is 4.17. The molecule has 4 rings (SSSR count). The number of rotatable bonds is 5. The molecule has 0 unspecified atom stereocenters. The van der Waals surface area contributed by atoms with Crippen molar-refractivity contribution in [2.24, 2.45) is 0 Å². The minimum absolute atomic E-state index is 0.126. The van der Waals surface area contributed by atoms with Crippen LogP contribution < -0.4 is 15.0 Å². The van der Waals surface area contributed by atoms with Gasteiger partial charge in [-0.2, -0.15) is 13.2 Å². The van der Waals surface area contributed by atoms with Crippen molar-refractivity contribution in [1.82, 2.24) is 10.2 Å². The minimum Gasteiger partial charge on any atom is -0.496 e. The van der Waals surface area contributed by atoms with E-state index in [4.69, 9.17) is 4.74 Å². The summed E-state index contributed by atoms with van der Waals surface area (Å²) in [5.74, 6) is -0.552. The van der Waals surface area contributed by atoms with Crippen molar-refractivity contribution < 1.29 is 32.3 Å². The fourth-order valence-electron chi connectivity index (χ4n) is 4.24. The number of urea groups is 1. The van der Waals surface area contributed by atoms with Crippen LogP contribution in [0.5, 0.6) is 5.75 Å². The Labute approximate surface area is 198 Å². The Kier molecular flexibility index (Phi) is 6.48. The molecule has 2 aromatic carbocycles. The van der Waals surface area contributed by atoms with E-state index >= 15 is 0 Å². The number of hydrogen-bond acceptors (Lipinski definition) is 5. The molecule has 1 N–H and O–H groups in total. The molecule has 7 nitrogen and oxygen atoms in total. The van der Waals surface area contributed by atoms with E-state index in [0.717, 1.165) is 28.0 Å². The monoisotopic (exact) mass is 493 g/mol. The molecule has 2 heterocycles. The standard InChI is InChI=1S/C23H22F3N3O4S/c1-33-19-12-16(34-2)6-7-17(19)20(30)27-14-8-9-28-18(11-14)21(31)29(22(28)32)15-5-3-4-13(10-15)23(24,25)26/h3-7,10,12,14,18H,8-9,11H2,1-2H3,(H,27,30)/t14-,18+/m1/s1. The van der Waals surface area contributed by atoms with Gasteiger partial charge < -0.3 is 15.0 Å². The number of amides is 4. The normalized spacial score (nSPS) is 20.4. The van der Waals surface area contributed by atoms with Crippen molar-refractivity contribution in [1.29, 1.82) is 0 Å². The van der Waals surface area contributed by atoms with Gasteiger partial charge in [-0.25, -0.2) is 9.69 Å². The number of thioether (sulfide) groups is 1. The van der Waals surface area contributed by atoms with Gasteiger partial charge in [-0.3, -0.25) is 9.59 Å². The number of methoxy groups -OCH3 is 1. The van der Waals surface area contributed by atoms with E-state index in [-0.39, 0.29) is 24.6 Å². The van der Waals surface area contributed by atoms with Crippen LogP contribution in [0.3, 0.4) is 0 Å². The first-order valence-corrected chi connectivity index (χ1v) is 11.7. The van der Waals surface area contributed by atoms with E-state index in [1.165, 1.54) is 29.8 Å². The summed E-state index contributed by atoms with van der Waals surface area (Å²) in [4.78, 5) is 41.8. The van der Waals surface area contributed by atoms with Crippen LogP contribution in [0.2, 0.25) is 0 Å². The largest absolute Gasteiger partial charge is 0.496 e. The molecule has 2 atom stereocenters. The van der Waals surface area contributed by atoms with Gasteiger partial charge in [0.2, 0.25) is 0 Å². The van der Waals surface area contributed by atoms with Crippen molar-refractivity contribution in [3.05, 3.63) is 53.6 Å². The number of carbonyl (C=O) groups is 3. The highest BCUT2D eigenvalue weighted by Gasteiger charge is 2.49. The molecule has 34 heavy (non-hydrogen) atoms. The number of ether oxygens (including phenoxy) is 1. The van der Waals surface area contributed by atoms with Crippen LogP contribution in [0.15, 0.2) is 47.4 Å². The summed E-state index contributed by atoms with van der Waals surface area (Å²) in [5, 5.41) is 2.90. The van der Waals surface area contributed by atoms with Crippen LogP contribution in [0.4, 0.5) is 23.7 Å². The lowest BCUT2D eigenvalue weighted by Gasteiger charge is -2.32. The molecule has 2 aliphatic heterocycles. The van der Waals surface area contributed by atoms with Gasteiger partial charge in [-0.05, 0) is 55.5 Å². The number of hydrogen-bond donors (Lipinski definition) is 1. The number of benzene rings is 2. The zero-order valence-electron chi connectivity index (χ0n) is 18.4. The maximum absolute atomic E-state index is 13.1. The van der Waals surface area contributed by atoms with E-state index in [9.17, 15) is 27.6 Å². The number of fused-ring (bicyclic) bond motifs is 1. The van der Waals surface area contributed by atoms with Crippen LogP contribution in [-0.2, 0) is 11.0 Å². The molecule has 2 fully saturated rings. The Morgan fingerprint density at radius 3 is 2.62 bits per heavy atom. The Balaban J connectivity index is 1.50. The second-order valence-corrected chi connectivity index (χ2v) is 8.85. The third kappa shape index (κ3) is 4.44.